The lowest BCUT2D eigenvalue weighted by molar-refractivity contribution is -0.115. The first-order chi connectivity index (χ1) is 9.42. The van der Waals surface area contributed by atoms with Crippen LogP contribution in [0.1, 0.15) is 38.7 Å². The lowest BCUT2D eigenvalue weighted by atomic mass is 10.0. The third-order valence-corrected chi connectivity index (χ3v) is 5.18. The second-order valence-electron chi connectivity index (χ2n) is 4.88. The molecule has 0 spiro atoms. The summed E-state index contributed by atoms with van der Waals surface area (Å²) >= 11 is 10.9. The zero-order chi connectivity index (χ0) is 14.9. The molecule has 0 fully saturated rings. The number of carbonyl (C=O) groups excluding carboxylic acids is 1. The first-order valence-corrected chi connectivity index (χ1v) is 8.58. The van der Waals surface area contributed by atoms with E-state index >= 15 is 0 Å². The number of anilines is 1. The minimum atomic E-state index is -0.192. The van der Waals surface area contributed by atoms with E-state index in [4.69, 9.17) is 11.6 Å². The average molecular weight is 376 g/mol. The number of halogens is 2. The van der Waals surface area contributed by atoms with Gasteiger partial charge in [0.05, 0.1) is 15.0 Å². The molecule has 1 aromatic heterocycles. The number of nitrogens with one attached hydrogen (secondary N) is 1. The first kappa shape index (κ1) is 15.7. The fourth-order valence-electron chi connectivity index (χ4n) is 1.88. The highest BCUT2D eigenvalue weighted by molar-refractivity contribution is 9.10. The zero-order valence-corrected chi connectivity index (χ0v) is 14.7. The van der Waals surface area contributed by atoms with Crippen molar-refractivity contribution >= 4 is 60.1 Å². The monoisotopic (exact) mass is 374 g/mol. The number of alkyl halides is 1. The molecule has 1 heterocycles. The van der Waals surface area contributed by atoms with Crippen molar-refractivity contribution in [3.8, 4) is 0 Å². The minimum absolute atomic E-state index is 0.0660. The molecular formula is C14H16BrClN2OS. The third kappa shape index (κ3) is 3.32. The molecule has 1 amide bonds. The number of amides is 1. The summed E-state index contributed by atoms with van der Waals surface area (Å²) < 4.78 is 0.999. The number of thiazole rings is 1. The van der Waals surface area contributed by atoms with Crippen molar-refractivity contribution in [1.29, 1.82) is 0 Å². The van der Waals surface area contributed by atoms with E-state index in [1.54, 1.807) is 0 Å². The summed E-state index contributed by atoms with van der Waals surface area (Å²) in [5.41, 5.74) is 2.03. The fraction of sp³-hybridized carbons (Fsp3) is 0.429. The molecule has 2 rings (SSSR count). The Morgan fingerprint density at radius 1 is 1.50 bits per heavy atom. The van der Waals surface area contributed by atoms with Gasteiger partial charge >= 0.3 is 0 Å². The number of fused-ring (bicyclic) bond motifs is 1. The van der Waals surface area contributed by atoms with E-state index in [0.717, 1.165) is 22.2 Å². The number of rotatable bonds is 4. The Morgan fingerprint density at radius 3 is 2.80 bits per heavy atom. The highest BCUT2D eigenvalue weighted by Gasteiger charge is 2.17. The Kier molecular flexibility index (Phi) is 5.04. The van der Waals surface area contributed by atoms with E-state index in [9.17, 15) is 4.79 Å². The molecule has 0 unspecified atom stereocenters. The molecule has 3 nitrogen and oxygen atoms in total. The Morgan fingerprint density at radius 2 is 2.20 bits per heavy atom. The predicted octanol–water partition coefficient (Wildman–Crippen LogP) is 5.19. The van der Waals surface area contributed by atoms with Crippen LogP contribution in [0.25, 0.3) is 10.2 Å². The largest absolute Gasteiger partial charge is 0.301 e. The van der Waals surface area contributed by atoms with E-state index < -0.39 is 0 Å². The molecule has 0 aliphatic rings. The lowest BCUT2D eigenvalue weighted by Crippen LogP contribution is -2.21. The Hall–Kier alpha value is -0.650. The van der Waals surface area contributed by atoms with Gasteiger partial charge in [-0.2, -0.15) is 0 Å². The maximum absolute atomic E-state index is 11.9. The van der Waals surface area contributed by atoms with Crippen LogP contribution in [-0.2, 0) is 4.79 Å². The van der Waals surface area contributed by atoms with Gasteiger partial charge in [-0.15, -0.1) is 0 Å². The number of aromatic nitrogens is 1. The third-order valence-electron chi connectivity index (χ3n) is 2.98. The van der Waals surface area contributed by atoms with Gasteiger partial charge in [0.25, 0.3) is 0 Å². The quantitative estimate of drug-likeness (QED) is 0.748. The Bertz CT molecular complexity index is 641. The summed E-state index contributed by atoms with van der Waals surface area (Å²) in [5.74, 6) is 0.269. The molecule has 1 N–H and O–H groups in total. The van der Waals surface area contributed by atoms with Crippen molar-refractivity contribution in [2.24, 2.45) is 0 Å². The van der Waals surface area contributed by atoms with E-state index in [0.29, 0.717) is 16.1 Å². The van der Waals surface area contributed by atoms with Gasteiger partial charge in [-0.1, -0.05) is 59.6 Å². The van der Waals surface area contributed by atoms with Gasteiger partial charge in [-0.25, -0.2) is 4.98 Å². The molecule has 2 aromatic rings. The summed E-state index contributed by atoms with van der Waals surface area (Å²) in [6.07, 6.45) is 0.736. The molecule has 20 heavy (non-hydrogen) atoms. The van der Waals surface area contributed by atoms with Crippen LogP contribution in [0.2, 0.25) is 5.02 Å². The summed E-state index contributed by atoms with van der Waals surface area (Å²) in [6.45, 7) is 6.16. The summed E-state index contributed by atoms with van der Waals surface area (Å²) in [5, 5.41) is 4.17. The highest BCUT2D eigenvalue weighted by Crippen LogP contribution is 2.34. The summed E-state index contributed by atoms with van der Waals surface area (Å²) in [4.78, 5) is 16.2. The Balaban J connectivity index is 2.38. The number of nitrogens with zero attached hydrogens (tertiary/aromatic N) is 1. The highest BCUT2D eigenvalue weighted by atomic mass is 79.9. The molecular weight excluding hydrogens is 360 g/mol. The minimum Gasteiger partial charge on any atom is -0.301 e. The summed E-state index contributed by atoms with van der Waals surface area (Å²) in [6, 6.07) is 3.83. The molecule has 0 aliphatic carbocycles. The van der Waals surface area contributed by atoms with Crippen molar-refractivity contribution < 1.29 is 4.79 Å². The summed E-state index contributed by atoms with van der Waals surface area (Å²) in [7, 11) is 0. The van der Waals surface area contributed by atoms with E-state index in [2.05, 4.69) is 40.1 Å². The van der Waals surface area contributed by atoms with Crippen molar-refractivity contribution in [3.05, 3.63) is 22.7 Å². The predicted molar refractivity (Wildman–Crippen MR) is 90.4 cm³/mol. The molecule has 0 aliphatic heterocycles. The SMILES string of the molecule is CC[C@H](Br)C(=O)Nc1nc2c(C(C)C)cc(Cl)cc2s1. The van der Waals surface area contributed by atoms with Crippen LogP contribution in [0.3, 0.4) is 0 Å². The fourth-order valence-corrected chi connectivity index (χ4v) is 3.23. The second kappa shape index (κ2) is 6.41. The molecule has 0 saturated heterocycles. The number of hydrogen-bond acceptors (Lipinski definition) is 3. The average Bonchev–Trinajstić information content (AvgIpc) is 2.78. The van der Waals surface area contributed by atoms with Gasteiger partial charge in [0, 0.05) is 5.02 Å². The van der Waals surface area contributed by atoms with Gasteiger partial charge in [-0.3, -0.25) is 4.79 Å². The van der Waals surface area contributed by atoms with Crippen LogP contribution in [0.15, 0.2) is 12.1 Å². The van der Waals surface area contributed by atoms with Crippen molar-refractivity contribution in [2.45, 2.75) is 37.9 Å². The maximum atomic E-state index is 11.9. The molecule has 1 atom stereocenters. The van der Waals surface area contributed by atoms with Crippen LogP contribution < -0.4 is 5.32 Å². The standard InChI is InChI=1S/C14H16BrClN2OS/c1-4-10(15)13(19)18-14-17-12-9(7(2)3)5-8(16)6-11(12)20-14/h5-7,10H,4H2,1-3H3,(H,17,18,19)/t10-/m0/s1. The van der Waals surface area contributed by atoms with Crippen LogP contribution in [0.5, 0.6) is 0 Å². The zero-order valence-electron chi connectivity index (χ0n) is 11.5. The molecule has 0 bridgehead atoms. The molecule has 108 valence electrons. The van der Waals surface area contributed by atoms with Gasteiger partial charge in [-0.05, 0) is 30.0 Å². The first-order valence-electron chi connectivity index (χ1n) is 6.47. The lowest BCUT2D eigenvalue weighted by Gasteiger charge is -2.06. The van der Waals surface area contributed by atoms with Crippen molar-refractivity contribution in [2.75, 3.05) is 5.32 Å². The molecule has 0 saturated carbocycles. The van der Waals surface area contributed by atoms with Crippen molar-refractivity contribution in [1.82, 2.24) is 4.98 Å². The molecule has 1 aromatic carbocycles. The van der Waals surface area contributed by atoms with E-state index in [1.807, 2.05) is 19.1 Å². The van der Waals surface area contributed by atoms with Crippen LogP contribution in [0, 0.1) is 0 Å². The number of carbonyl (C=O) groups is 1. The second-order valence-corrected chi connectivity index (χ2v) is 7.45. The van der Waals surface area contributed by atoms with Crippen LogP contribution in [-0.4, -0.2) is 15.7 Å². The normalized spacial score (nSPS) is 12.9. The van der Waals surface area contributed by atoms with Gasteiger partial charge in [0.2, 0.25) is 5.91 Å². The maximum Gasteiger partial charge on any atom is 0.239 e. The van der Waals surface area contributed by atoms with E-state index in [-0.39, 0.29) is 10.7 Å². The van der Waals surface area contributed by atoms with Crippen LogP contribution >= 0.6 is 38.9 Å². The van der Waals surface area contributed by atoms with Gasteiger partial charge < -0.3 is 5.32 Å². The molecule has 0 radical (unpaired) electrons. The van der Waals surface area contributed by atoms with E-state index in [1.165, 1.54) is 11.3 Å². The number of hydrogen-bond donors (Lipinski definition) is 1. The number of benzene rings is 1. The molecule has 6 heteroatoms. The van der Waals surface area contributed by atoms with Crippen LogP contribution in [0.4, 0.5) is 5.13 Å². The Labute approximate surface area is 135 Å². The van der Waals surface area contributed by atoms with Gasteiger partial charge in [0.1, 0.15) is 0 Å². The van der Waals surface area contributed by atoms with Crippen molar-refractivity contribution in [3.63, 3.8) is 0 Å². The smallest absolute Gasteiger partial charge is 0.239 e. The topological polar surface area (TPSA) is 42.0 Å². The van der Waals surface area contributed by atoms with Gasteiger partial charge in [0.15, 0.2) is 5.13 Å².